The van der Waals surface area contributed by atoms with Crippen molar-refractivity contribution in [3.8, 4) is 34.5 Å². The molecule has 0 aliphatic rings. The molecule has 0 unspecified atom stereocenters. The summed E-state index contributed by atoms with van der Waals surface area (Å²) in [6, 6.07) is 10.2. The number of fused-ring (bicyclic) bond motifs is 2. The number of esters is 2. The van der Waals surface area contributed by atoms with Gasteiger partial charge in [0.25, 0.3) is 0 Å². The number of phenolic OH excluding ortho intramolecular Hbond substituents is 2. The van der Waals surface area contributed by atoms with Gasteiger partial charge >= 0.3 is 11.9 Å². The van der Waals surface area contributed by atoms with Crippen LogP contribution < -0.4 is 18.9 Å². The Morgan fingerprint density at radius 3 is 1.78 bits per heavy atom. The first kappa shape index (κ1) is 26.0. The highest BCUT2D eigenvalue weighted by Crippen LogP contribution is 2.42. The van der Waals surface area contributed by atoms with Crippen LogP contribution in [-0.2, 0) is 9.59 Å². The molecule has 10 heteroatoms. The number of carbonyl (C=O) groups excluding carboxylic acids is 2. The molecule has 0 saturated carbocycles. The summed E-state index contributed by atoms with van der Waals surface area (Å²) in [5, 5.41) is 21.0. The summed E-state index contributed by atoms with van der Waals surface area (Å²) in [6.45, 7) is 2.49. The summed E-state index contributed by atoms with van der Waals surface area (Å²) < 4.78 is 46.4. The second kappa shape index (κ2) is 10.8. The van der Waals surface area contributed by atoms with Gasteiger partial charge < -0.3 is 29.2 Å². The highest BCUT2D eigenvalue weighted by atomic mass is 19.1. The van der Waals surface area contributed by atoms with Crippen LogP contribution >= 0.6 is 0 Å². The molecule has 0 saturated heterocycles. The summed E-state index contributed by atoms with van der Waals surface area (Å²) in [5.41, 5.74) is 0. The molecule has 4 aromatic carbocycles. The second-order valence-electron chi connectivity index (χ2n) is 7.42. The van der Waals surface area contributed by atoms with Gasteiger partial charge in [-0.1, -0.05) is 0 Å². The van der Waals surface area contributed by atoms with Gasteiger partial charge in [-0.3, -0.25) is 9.59 Å². The number of benzene rings is 4. The van der Waals surface area contributed by atoms with Crippen LogP contribution in [0.15, 0.2) is 48.5 Å². The number of rotatable bonds is 4. The Labute approximate surface area is 204 Å². The van der Waals surface area contributed by atoms with E-state index in [1.54, 1.807) is 0 Å². The van der Waals surface area contributed by atoms with Crippen LogP contribution in [0.2, 0.25) is 0 Å². The van der Waals surface area contributed by atoms with Crippen LogP contribution in [0.1, 0.15) is 13.8 Å². The summed E-state index contributed by atoms with van der Waals surface area (Å²) in [6.07, 6.45) is 0. The molecule has 0 heterocycles. The monoisotopic (exact) mass is 500 g/mol. The molecule has 4 rings (SSSR count). The molecule has 0 aromatic heterocycles. The minimum atomic E-state index is -0.534. The first-order chi connectivity index (χ1) is 17.0. The molecule has 0 bridgehead atoms. The maximum absolute atomic E-state index is 13.2. The smallest absolute Gasteiger partial charge is 0.308 e. The van der Waals surface area contributed by atoms with E-state index in [4.69, 9.17) is 18.9 Å². The first-order valence-corrected chi connectivity index (χ1v) is 10.4. The van der Waals surface area contributed by atoms with Crippen molar-refractivity contribution < 1.29 is 47.5 Å². The zero-order valence-electron chi connectivity index (χ0n) is 19.7. The molecule has 0 amide bonds. The van der Waals surface area contributed by atoms with Gasteiger partial charge in [0.1, 0.15) is 23.1 Å². The third-order valence-corrected chi connectivity index (χ3v) is 4.93. The molecule has 8 nitrogen and oxygen atoms in total. The van der Waals surface area contributed by atoms with Crippen LogP contribution in [0.5, 0.6) is 34.5 Å². The van der Waals surface area contributed by atoms with Crippen LogP contribution in [0.25, 0.3) is 21.5 Å². The third kappa shape index (κ3) is 5.54. The normalized spacial score (nSPS) is 10.4. The van der Waals surface area contributed by atoms with Crippen molar-refractivity contribution >= 4 is 33.5 Å². The van der Waals surface area contributed by atoms with E-state index in [9.17, 15) is 28.6 Å². The van der Waals surface area contributed by atoms with E-state index in [0.717, 1.165) is 6.07 Å². The minimum absolute atomic E-state index is 0.122. The SMILES string of the molecule is COc1cc(O)c2cc(F)ccc2c1OC(C)=O.COc1cc(OC(C)=O)c2cc(F)ccc2c1O. The van der Waals surface area contributed by atoms with E-state index in [-0.39, 0.29) is 39.9 Å². The van der Waals surface area contributed by atoms with Crippen molar-refractivity contribution in [1.82, 2.24) is 0 Å². The summed E-state index contributed by atoms with van der Waals surface area (Å²) in [7, 11) is 2.76. The maximum Gasteiger partial charge on any atom is 0.308 e. The average molecular weight is 500 g/mol. The quantitative estimate of drug-likeness (QED) is 0.289. The van der Waals surface area contributed by atoms with Gasteiger partial charge in [0, 0.05) is 47.5 Å². The Hall–Kier alpha value is -4.60. The lowest BCUT2D eigenvalue weighted by atomic mass is 10.1. The molecule has 0 atom stereocenters. The highest BCUT2D eigenvalue weighted by Gasteiger charge is 2.17. The Bertz CT molecular complexity index is 1470. The Balaban J connectivity index is 0.000000201. The Morgan fingerprint density at radius 1 is 0.667 bits per heavy atom. The average Bonchev–Trinajstić information content (AvgIpc) is 2.82. The van der Waals surface area contributed by atoms with Crippen molar-refractivity contribution in [1.29, 1.82) is 0 Å². The lowest BCUT2D eigenvalue weighted by Gasteiger charge is -2.12. The predicted octanol–water partition coefficient (Wildman–Crippen LogP) is 5.24. The first-order valence-electron chi connectivity index (χ1n) is 10.4. The van der Waals surface area contributed by atoms with Gasteiger partial charge in [-0.15, -0.1) is 0 Å². The summed E-state index contributed by atoms with van der Waals surface area (Å²) in [5.74, 6) is -1.62. The number of hydrogen-bond acceptors (Lipinski definition) is 8. The van der Waals surface area contributed by atoms with E-state index < -0.39 is 23.6 Å². The van der Waals surface area contributed by atoms with Gasteiger partial charge in [0.15, 0.2) is 23.0 Å². The number of halogens is 2. The maximum atomic E-state index is 13.2. The number of ether oxygens (including phenoxy) is 4. The second-order valence-corrected chi connectivity index (χ2v) is 7.42. The molecule has 0 radical (unpaired) electrons. The molecule has 0 aliphatic heterocycles. The van der Waals surface area contributed by atoms with Crippen molar-refractivity contribution in [2.24, 2.45) is 0 Å². The topological polar surface area (TPSA) is 112 Å². The summed E-state index contributed by atoms with van der Waals surface area (Å²) in [4.78, 5) is 22.1. The van der Waals surface area contributed by atoms with E-state index in [1.807, 2.05) is 0 Å². The fourth-order valence-corrected chi connectivity index (χ4v) is 3.45. The molecule has 0 spiro atoms. The number of aromatic hydroxyl groups is 2. The standard InChI is InChI=1S/2C13H11FO4/c1-7(15)18-11-6-12(17-2)13(16)9-4-3-8(14)5-10(9)11;1-7(15)18-13-9-4-3-8(14)5-10(9)11(16)6-12(13)17-2/h2*3-6,16H,1-2H3. The molecule has 36 heavy (non-hydrogen) atoms. The van der Waals surface area contributed by atoms with Crippen LogP contribution in [-0.4, -0.2) is 36.4 Å². The van der Waals surface area contributed by atoms with Gasteiger partial charge in [-0.25, -0.2) is 8.78 Å². The van der Waals surface area contributed by atoms with E-state index in [0.29, 0.717) is 16.2 Å². The zero-order chi connectivity index (χ0) is 26.6. The zero-order valence-corrected chi connectivity index (χ0v) is 19.7. The van der Waals surface area contributed by atoms with E-state index >= 15 is 0 Å². The number of methoxy groups -OCH3 is 2. The van der Waals surface area contributed by atoms with E-state index in [1.165, 1.54) is 70.5 Å². The number of phenols is 2. The third-order valence-electron chi connectivity index (χ3n) is 4.93. The molecule has 2 N–H and O–H groups in total. The number of carbonyl (C=O) groups is 2. The minimum Gasteiger partial charge on any atom is -0.507 e. The van der Waals surface area contributed by atoms with E-state index in [2.05, 4.69) is 0 Å². The molecule has 0 fully saturated rings. The number of hydrogen-bond donors (Lipinski definition) is 2. The van der Waals surface area contributed by atoms with Crippen LogP contribution in [0, 0.1) is 11.6 Å². The van der Waals surface area contributed by atoms with Crippen molar-refractivity contribution in [2.45, 2.75) is 13.8 Å². The highest BCUT2D eigenvalue weighted by molar-refractivity contribution is 5.97. The van der Waals surface area contributed by atoms with Gasteiger partial charge in [-0.05, 0) is 36.4 Å². The summed E-state index contributed by atoms with van der Waals surface area (Å²) >= 11 is 0. The fraction of sp³-hybridized carbons (Fsp3) is 0.154. The largest absolute Gasteiger partial charge is 0.507 e. The molecular weight excluding hydrogens is 478 g/mol. The van der Waals surface area contributed by atoms with Gasteiger partial charge in [0.2, 0.25) is 0 Å². The van der Waals surface area contributed by atoms with Gasteiger partial charge in [-0.2, -0.15) is 0 Å². The molecule has 188 valence electrons. The van der Waals surface area contributed by atoms with Crippen LogP contribution in [0.4, 0.5) is 8.78 Å². The molecular formula is C26H22F2O8. The molecule has 0 aliphatic carbocycles. The van der Waals surface area contributed by atoms with Crippen molar-refractivity contribution in [2.75, 3.05) is 14.2 Å². The molecule has 4 aromatic rings. The van der Waals surface area contributed by atoms with Crippen molar-refractivity contribution in [3.05, 3.63) is 60.2 Å². The lowest BCUT2D eigenvalue weighted by Crippen LogP contribution is -2.03. The fourth-order valence-electron chi connectivity index (χ4n) is 3.45. The van der Waals surface area contributed by atoms with Crippen molar-refractivity contribution in [3.63, 3.8) is 0 Å². The lowest BCUT2D eigenvalue weighted by molar-refractivity contribution is -0.132. The Morgan fingerprint density at radius 2 is 1.22 bits per heavy atom. The predicted molar refractivity (Wildman–Crippen MR) is 127 cm³/mol. The van der Waals surface area contributed by atoms with Crippen LogP contribution in [0.3, 0.4) is 0 Å². The van der Waals surface area contributed by atoms with Gasteiger partial charge in [0.05, 0.1) is 14.2 Å². The Kier molecular flexibility index (Phi) is 7.78.